The molecule has 7 nitrogen and oxygen atoms in total. The first-order chi connectivity index (χ1) is 12.5. The molecule has 0 radical (unpaired) electrons. The standard InChI is InChI=1S/C19H21N5O2/c1-13-22-14(2)24(23-13)10-4-9-20-19(26)16-6-3-5-15(11-16)17-7-8-18(25)21-12-17/h3,5-8,11-12H,4,9-10H2,1-2H3,(H,20,26)(H,21,25). The Morgan fingerprint density at radius 2 is 2.04 bits per heavy atom. The van der Waals surface area contributed by atoms with Crippen molar-refractivity contribution < 1.29 is 4.79 Å². The number of benzene rings is 1. The number of hydrogen-bond acceptors (Lipinski definition) is 4. The number of nitrogens with zero attached hydrogens (tertiary/aromatic N) is 3. The first kappa shape index (κ1) is 17.6. The molecule has 0 unspecified atom stereocenters. The first-order valence-electron chi connectivity index (χ1n) is 8.48. The van der Waals surface area contributed by atoms with E-state index in [4.69, 9.17) is 0 Å². The molecule has 0 bridgehead atoms. The van der Waals surface area contributed by atoms with Crippen molar-refractivity contribution in [3.63, 3.8) is 0 Å². The van der Waals surface area contributed by atoms with Crippen molar-refractivity contribution in [2.45, 2.75) is 26.8 Å². The van der Waals surface area contributed by atoms with Gasteiger partial charge in [0, 0.05) is 30.9 Å². The van der Waals surface area contributed by atoms with Gasteiger partial charge in [-0.2, -0.15) is 5.10 Å². The first-order valence-corrected chi connectivity index (χ1v) is 8.48. The Hall–Kier alpha value is -3.22. The number of rotatable bonds is 6. The molecule has 2 heterocycles. The third kappa shape index (κ3) is 4.24. The fourth-order valence-corrected chi connectivity index (χ4v) is 2.74. The van der Waals surface area contributed by atoms with E-state index >= 15 is 0 Å². The lowest BCUT2D eigenvalue weighted by Crippen LogP contribution is -2.25. The molecule has 0 aliphatic rings. The van der Waals surface area contributed by atoms with Gasteiger partial charge >= 0.3 is 0 Å². The Kier molecular flexibility index (Phi) is 5.26. The summed E-state index contributed by atoms with van der Waals surface area (Å²) in [5, 5.41) is 7.23. The van der Waals surface area contributed by atoms with Crippen LogP contribution in [-0.2, 0) is 6.54 Å². The number of carbonyl (C=O) groups excluding carboxylic acids is 1. The summed E-state index contributed by atoms with van der Waals surface area (Å²) >= 11 is 0. The highest BCUT2D eigenvalue weighted by Gasteiger charge is 2.07. The van der Waals surface area contributed by atoms with E-state index < -0.39 is 0 Å². The van der Waals surface area contributed by atoms with E-state index in [0.29, 0.717) is 18.7 Å². The molecule has 3 aromatic rings. The number of H-pyrrole nitrogens is 1. The third-order valence-corrected chi connectivity index (χ3v) is 4.04. The molecule has 0 aliphatic carbocycles. The summed E-state index contributed by atoms with van der Waals surface area (Å²) < 4.78 is 1.85. The predicted octanol–water partition coefficient (Wildman–Crippen LogP) is 2.07. The van der Waals surface area contributed by atoms with Crippen LogP contribution < -0.4 is 10.9 Å². The highest BCUT2D eigenvalue weighted by molar-refractivity contribution is 5.95. The fourth-order valence-electron chi connectivity index (χ4n) is 2.74. The van der Waals surface area contributed by atoms with Crippen LogP contribution >= 0.6 is 0 Å². The van der Waals surface area contributed by atoms with Gasteiger partial charge in [-0.3, -0.25) is 14.3 Å². The van der Waals surface area contributed by atoms with Crippen LogP contribution in [-0.4, -0.2) is 32.2 Å². The van der Waals surface area contributed by atoms with Crippen molar-refractivity contribution in [1.29, 1.82) is 0 Å². The van der Waals surface area contributed by atoms with Crippen LogP contribution in [0.2, 0.25) is 0 Å². The molecule has 0 saturated carbocycles. The molecule has 7 heteroatoms. The van der Waals surface area contributed by atoms with Crippen LogP contribution in [0.5, 0.6) is 0 Å². The second kappa shape index (κ2) is 7.77. The maximum atomic E-state index is 12.4. The number of aromatic amines is 1. The molecule has 3 rings (SSSR count). The Morgan fingerprint density at radius 1 is 1.19 bits per heavy atom. The Bertz CT molecular complexity index is 954. The Morgan fingerprint density at radius 3 is 2.73 bits per heavy atom. The molecule has 1 aromatic carbocycles. The lowest BCUT2D eigenvalue weighted by atomic mass is 10.0. The van der Waals surface area contributed by atoms with E-state index in [-0.39, 0.29) is 11.5 Å². The maximum absolute atomic E-state index is 12.4. The van der Waals surface area contributed by atoms with Crippen molar-refractivity contribution in [2.75, 3.05) is 6.54 Å². The summed E-state index contributed by atoms with van der Waals surface area (Å²) in [7, 11) is 0. The minimum absolute atomic E-state index is 0.122. The topological polar surface area (TPSA) is 92.7 Å². The zero-order valence-electron chi connectivity index (χ0n) is 14.8. The number of hydrogen-bond donors (Lipinski definition) is 2. The molecular weight excluding hydrogens is 330 g/mol. The highest BCUT2D eigenvalue weighted by atomic mass is 16.1. The average Bonchev–Trinajstić information content (AvgIpc) is 2.96. The van der Waals surface area contributed by atoms with Gasteiger partial charge in [-0.05, 0) is 49.6 Å². The molecule has 0 spiro atoms. The number of aryl methyl sites for hydroxylation is 3. The monoisotopic (exact) mass is 351 g/mol. The molecular formula is C19H21N5O2. The van der Waals surface area contributed by atoms with Crippen LogP contribution in [0, 0.1) is 13.8 Å². The maximum Gasteiger partial charge on any atom is 0.251 e. The van der Waals surface area contributed by atoms with Crippen LogP contribution in [0.25, 0.3) is 11.1 Å². The van der Waals surface area contributed by atoms with E-state index in [9.17, 15) is 9.59 Å². The minimum Gasteiger partial charge on any atom is -0.352 e. The van der Waals surface area contributed by atoms with Gasteiger partial charge in [-0.25, -0.2) is 4.98 Å². The van der Waals surface area contributed by atoms with Crippen LogP contribution in [0.3, 0.4) is 0 Å². The van der Waals surface area contributed by atoms with E-state index in [2.05, 4.69) is 20.4 Å². The average molecular weight is 351 g/mol. The molecule has 0 atom stereocenters. The summed E-state index contributed by atoms with van der Waals surface area (Å²) in [6, 6.07) is 10.5. The van der Waals surface area contributed by atoms with Gasteiger partial charge in [0.1, 0.15) is 11.6 Å². The summed E-state index contributed by atoms with van der Waals surface area (Å²) in [5.41, 5.74) is 2.17. The molecule has 2 aromatic heterocycles. The summed E-state index contributed by atoms with van der Waals surface area (Å²) in [6.07, 6.45) is 2.41. The van der Waals surface area contributed by atoms with Gasteiger partial charge in [0.05, 0.1) is 0 Å². The normalized spacial score (nSPS) is 10.7. The van der Waals surface area contributed by atoms with Gasteiger partial charge in [0.2, 0.25) is 5.56 Å². The SMILES string of the molecule is Cc1nc(C)n(CCCNC(=O)c2cccc(-c3ccc(=O)[nH]c3)c2)n1. The second-order valence-electron chi connectivity index (χ2n) is 6.06. The minimum atomic E-state index is -0.152. The number of amides is 1. The zero-order chi connectivity index (χ0) is 18.5. The zero-order valence-corrected chi connectivity index (χ0v) is 14.8. The summed E-state index contributed by atoms with van der Waals surface area (Å²) in [5.74, 6) is 1.51. The summed E-state index contributed by atoms with van der Waals surface area (Å²) in [6.45, 7) is 5.05. The largest absolute Gasteiger partial charge is 0.352 e. The van der Waals surface area contributed by atoms with Gasteiger partial charge < -0.3 is 10.3 Å². The van der Waals surface area contributed by atoms with Crippen LogP contribution in [0.4, 0.5) is 0 Å². The van der Waals surface area contributed by atoms with E-state index in [0.717, 1.165) is 29.2 Å². The molecule has 0 fully saturated rings. The van der Waals surface area contributed by atoms with E-state index in [1.165, 1.54) is 6.07 Å². The molecule has 1 amide bonds. The second-order valence-corrected chi connectivity index (χ2v) is 6.06. The van der Waals surface area contributed by atoms with Crippen LogP contribution in [0.15, 0.2) is 47.4 Å². The quantitative estimate of drug-likeness (QED) is 0.665. The molecule has 134 valence electrons. The Labute approximate surface area is 151 Å². The van der Waals surface area contributed by atoms with E-state index in [1.807, 2.05) is 36.7 Å². The van der Waals surface area contributed by atoms with Crippen molar-refractivity contribution in [2.24, 2.45) is 0 Å². The molecule has 26 heavy (non-hydrogen) atoms. The third-order valence-electron chi connectivity index (χ3n) is 4.04. The van der Waals surface area contributed by atoms with Gasteiger partial charge in [-0.1, -0.05) is 12.1 Å². The number of pyridine rings is 1. The fraction of sp³-hybridized carbons (Fsp3) is 0.263. The summed E-state index contributed by atoms with van der Waals surface area (Å²) in [4.78, 5) is 30.4. The van der Waals surface area contributed by atoms with Crippen molar-refractivity contribution in [1.82, 2.24) is 25.1 Å². The lowest BCUT2D eigenvalue weighted by molar-refractivity contribution is 0.0952. The Balaban J connectivity index is 1.58. The lowest BCUT2D eigenvalue weighted by Gasteiger charge is -2.08. The highest BCUT2D eigenvalue weighted by Crippen LogP contribution is 2.18. The molecule has 2 N–H and O–H groups in total. The van der Waals surface area contributed by atoms with Gasteiger partial charge in [0.25, 0.3) is 5.91 Å². The number of nitrogens with one attached hydrogen (secondary N) is 2. The predicted molar refractivity (Wildman–Crippen MR) is 98.9 cm³/mol. The number of carbonyl (C=O) groups is 1. The number of aromatic nitrogens is 4. The van der Waals surface area contributed by atoms with E-state index in [1.54, 1.807) is 18.3 Å². The van der Waals surface area contributed by atoms with Crippen molar-refractivity contribution in [3.05, 3.63) is 70.2 Å². The molecule has 0 aliphatic heterocycles. The van der Waals surface area contributed by atoms with Gasteiger partial charge in [-0.15, -0.1) is 0 Å². The van der Waals surface area contributed by atoms with Gasteiger partial charge in [0.15, 0.2) is 0 Å². The molecule has 0 saturated heterocycles. The van der Waals surface area contributed by atoms with Crippen molar-refractivity contribution in [3.8, 4) is 11.1 Å². The van der Waals surface area contributed by atoms with Crippen molar-refractivity contribution >= 4 is 5.91 Å². The van der Waals surface area contributed by atoms with Crippen LogP contribution in [0.1, 0.15) is 28.4 Å². The smallest absolute Gasteiger partial charge is 0.251 e.